The molecule has 170 valence electrons. The third kappa shape index (κ3) is 6.99. The van der Waals surface area contributed by atoms with Crippen molar-refractivity contribution in [2.75, 3.05) is 13.2 Å². The van der Waals surface area contributed by atoms with E-state index in [1.54, 1.807) is 20.8 Å². The minimum atomic E-state index is -4.32. The summed E-state index contributed by atoms with van der Waals surface area (Å²) in [5, 5.41) is 3.31. The third-order valence-electron chi connectivity index (χ3n) is 4.95. The molecule has 0 atom stereocenters. The second-order valence-corrected chi connectivity index (χ2v) is 8.54. The molecule has 0 aliphatic heterocycles. The molecule has 2 aromatic carbocycles. The van der Waals surface area contributed by atoms with Crippen LogP contribution in [0, 0.1) is 0 Å². The summed E-state index contributed by atoms with van der Waals surface area (Å²) in [5.41, 5.74) is -0.107. The van der Waals surface area contributed by atoms with Gasteiger partial charge in [0.1, 0.15) is 5.75 Å². The summed E-state index contributed by atoms with van der Waals surface area (Å²) in [6.07, 6.45) is -4.32. The lowest BCUT2D eigenvalue weighted by Crippen LogP contribution is -2.39. The van der Waals surface area contributed by atoms with Crippen LogP contribution in [0.5, 0.6) is 5.75 Å². The summed E-state index contributed by atoms with van der Waals surface area (Å²) >= 11 is 0. The largest absolute Gasteiger partial charge is 0.476 e. The first kappa shape index (κ1) is 24.7. The molecule has 0 radical (unpaired) electrons. The van der Waals surface area contributed by atoms with E-state index < -0.39 is 23.3 Å². The molecule has 2 aromatic rings. The smallest absolute Gasteiger partial charge is 0.416 e. The molecule has 0 bridgehead atoms. The molecular formula is C24H30F3NO3. The number of nitrogens with one attached hydrogen (secondary N) is 1. The van der Waals surface area contributed by atoms with Gasteiger partial charge in [-0.3, -0.25) is 0 Å². The van der Waals surface area contributed by atoms with Crippen molar-refractivity contribution in [3.8, 4) is 5.75 Å². The zero-order valence-corrected chi connectivity index (χ0v) is 18.6. The standard InChI is InChI=1S/C24H30F3NO3/c1-6-30-21(29)23(4,5)31-20-13-11-18(12-14-20)22(2,3)16-28-15-17-7-9-19(10-8-17)24(25,26)27/h7-14,28H,6,15-16H2,1-5H3. The van der Waals surface area contributed by atoms with Gasteiger partial charge >= 0.3 is 12.1 Å². The summed E-state index contributed by atoms with van der Waals surface area (Å²) in [7, 11) is 0. The van der Waals surface area contributed by atoms with E-state index >= 15 is 0 Å². The van der Waals surface area contributed by atoms with Gasteiger partial charge < -0.3 is 14.8 Å². The van der Waals surface area contributed by atoms with Crippen molar-refractivity contribution in [2.45, 2.75) is 58.4 Å². The summed E-state index contributed by atoms with van der Waals surface area (Å²) in [5.74, 6) is 0.141. The summed E-state index contributed by atoms with van der Waals surface area (Å²) < 4.78 is 48.8. The second-order valence-electron chi connectivity index (χ2n) is 8.54. The lowest BCUT2D eigenvalue weighted by molar-refractivity contribution is -0.158. The van der Waals surface area contributed by atoms with Gasteiger partial charge in [0.2, 0.25) is 0 Å². The lowest BCUT2D eigenvalue weighted by Gasteiger charge is -2.27. The highest BCUT2D eigenvalue weighted by atomic mass is 19.4. The number of halogens is 3. The van der Waals surface area contributed by atoms with Crippen molar-refractivity contribution in [2.24, 2.45) is 0 Å². The molecule has 4 nitrogen and oxygen atoms in total. The molecular weight excluding hydrogens is 407 g/mol. The highest BCUT2D eigenvalue weighted by Gasteiger charge is 2.32. The van der Waals surface area contributed by atoms with E-state index in [2.05, 4.69) is 19.2 Å². The van der Waals surface area contributed by atoms with Crippen LogP contribution in [0.15, 0.2) is 48.5 Å². The molecule has 0 saturated heterocycles. The number of alkyl halides is 3. The van der Waals surface area contributed by atoms with Crippen LogP contribution in [0.3, 0.4) is 0 Å². The first-order valence-corrected chi connectivity index (χ1v) is 10.2. The number of ether oxygens (including phenoxy) is 2. The van der Waals surface area contributed by atoms with E-state index in [-0.39, 0.29) is 12.0 Å². The fourth-order valence-corrected chi connectivity index (χ4v) is 3.05. The topological polar surface area (TPSA) is 47.6 Å². The molecule has 31 heavy (non-hydrogen) atoms. The predicted octanol–water partition coefficient (Wildman–Crippen LogP) is 5.49. The molecule has 0 aliphatic rings. The molecule has 1 N–H and O–H groups in total. The van der Waals surface area contributed by atoms with Crippen molar-refractivity contribution >= 4 is 5.97 Å². The maximum atomic E-state index is 12.7. The maximum absolute atomic E-state index is 12.7. The Hall–Kier alpha value is -2.54. The molecule has 0 heterocycles. The fraction of sp³-hybridized carbons (Fsp3) is 0.458. The van der Waals surface area contributed by atoms with Gasteiger partial charge in [-0.05, 0) is 56.2 Å². The number of hydrogen-bond donors (Lipinski definition) is 1. The summed E-state index contributed by atoms with van der Waals surface area (Å²) in [6.45, 7) is 10.6. The number of carbonyl (C=O) groups is 1. The number of benzene rings is 2. The van der Waals surface area contributed by atoms with E-state index in [0.717, 1.165) is 23.3 Å². The Labute approximate surface area is 181 Å². The van der Waals surface area contributed by atoms with E-state index in [9.17, 15) is 18.0 Å². The molecule has 0 aliphatic carbocycles. The molecule has 2 rings (SSSR count). The van der Waals surface area contributed by atoms with Gasteiger partial charge in [0, 0.05) is 18.5 Å². The Morgan fingerprint density at radius 1 is 0.903 bits per heavy atom. The highest BCUT2D eigenvalue weighted by Crippen LogP contribution is 2.29. The van der Waals surface area contributed by atoms with Gasteiger partial charge in [0.15, 0.2) is 5.60 Å². The lowest BCUT2D eigenvalue weighted by atomic mass is 9.84. The van der Waals surface area contributed by atoms with Gasteiger partial charge in [-0.2, -0.15) is 13.2 Å². The monoisotopic (exact) mass is 437 g/mol. The zero-order valence-electron chi connectivity index (χ0n) is 18.6. The third-order valence-corrected chi connectivity index (χ3v) is 4.95. The molecule has 0 aromatic heterocycles. The predicted molar refractivity (Wildman–Crippen MR) is 114 cm³/mol. The van der Waals surface area contributed by atoms with E-state index in [1.165, 1.54) is 12.1 Å². The van der Waals surface area contributed by atoms with Crippen LogP contribution < -0.4 is 10.1 Å². The van der Waals surface area contributed by atoms with Gasteiger partial charge in [0.05, 0.1) is 12.2 Å². The highest BCUT2D eigenvalue weighted by molar-refractivity contribution is 5.79. The van der Waals surface area contributed by atoms with Crippen LogP contribution in [0.2, 0.25) is 0 Å². The van der Waals surface area contributed by atoms with E-state index in [1.807, 2.05) is 24.3 Å². The first-order valence-electron chi connectivity index (χ1n) is 10.2. The Balaban J connectivity index is 1.94. The van der Waals surface area contributed by atoms with Crippen molar-refractivity contribution in [1.29, 1.82) is 0 Å². The van der Waals surface area contributed by atoms with Crippen LogP contribution in [-0.2, 0) is 27.7 Å². The van der Waals surface area contributed by atoms with Crippen molar-refractivity contribution in [3.63, 3.8) is 0 Å². The Morgan fingerprint density at radius 2 is 1.45 bits per heavy atom. The molecule has 0 saturated carbocycles. The molecule has 0 amide bonds. The molecule has 0 unspecified atom stereocenters. The minimum absolute atomic E-state index is 0.221. The van der Waals surface area contributed by atoms with Crippen LogP contribution in [0.4, 0.5) is 13.2 Å². The van der Waals surface area contributed by atoms with E-state index in [0.29, 0.717) is 18.8 Å². The van der Waals surface area contributed by atoms with Crippen molar-refractivity contribution < 1.29 is 27.4 Å². The molecule has 0 spiro atoms. The van der Waals surface area contributed by atoms with Gasteiger partial charge in [-0.25, -0.2) is 4.79 Å². The quantitative estimate of drug-likeness (QED) is 0.527. The molecule has 7 heteroatoms. The SMILES string of the molecule is CCOC(=O)C(C)(C)Oc1ccc(C(C)(C)CNCc2ccc(C(F)(F)F)cc2)cc1. The van der Waals surface area contributed by atoms with Crippen LogP contribution >= 0.6 is 0 Å². The van der Waals surface area contributed by atoms with Crippen LogP contribution in [0.1, 0.15) is 51.3 Å². The Morgan fingerprint density at radius 3 is 1.97 bits per heavy atom. The number of hydrogen-bond acceptors (Lipinski definition) is 4. The molecule has 0 fully saturated rings. The number of rotatable bonds is 9. The average Bonchev–Trinajstić information content (AvgIpc) is 2.68. The summed E-state index contributed by atoms with van der Waals surface area (Å²) in [4.78, 5) is 12.0. The zero-order chi connectivity index (χ0) is 23.3. The van der Waals surface area contributed by atoms with Crippen LogP contribution in [-0.4, -0.2) is 24.7 Å². The van der Waals surface area contributed by atoms with Crippen LogP contribution in [0.25, 0.3) is 0 Å². The number of carbonyl (C=O) groups excluding carboxylic acids is 1. The minimum Gasteiger partial charge on any atom is -0.476 e. The first-order chi connectivity index (χ1) is 14.3. The van der Waals surface area contributed by atoms with Gasteiger partial charge in [-0.15, -0.1) is 0 Å². The maximum Gasteiger partial charge on any atom is 0.416 e. The van der Waals surface area contributed by atoms with Gasteiger partial charge in [-0.1, -0.05) is 38.1 Å². The second kappa shape index (κ2) is 9.73. The van der Waals surface area contributed by atoms with Crippen molar-refractivity contribution in [1.82, 2.24) is 5.32 Å². The van der Waals surface area contributed by atoms with E-state index in [4.69, 9.17) is 9.47 Å². The Bertz CT molecular complexity index is 857. The fourth-order valence-electron chi connectivity index (χ4n) is 3.05. The normalized spacial score (nSPS) is 12.5. The summed E-state index contributed by atoms with van der Waals surface area (Å²) in [6, 6.07) is 12.7. The Kier molecular flexibility index (Phi) is 7.76. The van der Waals surface area contributed by atoms with Gasteiger partial charge in [0.25, 0.3) is 0 Å². The number of esters is 1. The average molecular weight is 438 g/mol. The van der Waals surface area contributed by atoms with Crippen molar-refractivity contribution in [3.05, 3.63) is 65.2 Å².